The van der Waals surface area contributed by atoms with Gasteiger partial charge in [-0.3, -0.25) is 4.68 Å². The summed E-state index contributed by atoms with van der Waals surface area (Å²) < 4.78 is 13.3. The Balaban J connectivity index is 0.00000225. The summed E-state index contributed by atoms with van der Waals surface area (Å²) >= 11 is 6.50. The topological polar surface area (TPSA) is 48.3 Å². The maximum atomic E-state index is 6.50. The van der Waals surface area contributed by atoms with Crippen molar-refractivity contribution in [3.63, 3.8) is 0 Å². The van der Waals surface area contributed by atoms with Gasteiger partial charge in [-0.2, -0.15) is 5.10 Å². The second-order valence-corrected chi connectivity index (χ2v) is 6.27. The Morgan fingerprint density at radius 3 is 2.44 bits per heavy atom. The lowest BCUT2D eigenvalue weighted by Crippen LogP contribution is -2.31. The maximum Gasteiger partial charge on any atom is 0.161 e. The minimum Gasteiger partial charge on any atom is -0.490 e. The summed E-state index contributed by atoms with van der Waals surface area (Å²) in [7, 11) is 1.87. The number of fused-ring (bicyclic) bond motifs is 1. The lowest BCUT2D eigenvalue weighted by Gasteiger charge is -2.28. The number of nitrogens with zero attached hydrogens (tertiary/aromatic N) is 2. The summed E-state index contributed by atoms with van der Waals surface area (Å²) in [6.45, 7) is 8.07. The summed E-state index contributed by atoms with van der Waals surface area (Å²) in [6.07, 6.45) is 0.954. The molecule has 1 atom stereocenters. The highest BCUT2D eigenvalue weighted by Crippen LogP contribution is 2.40. The van der Waals surface area contributed by atoms with Gasteiger partial charge in [0.25, 0.3) is 0 Å². The molecule has 25 heavy (non-hydrogen) atoms. The van der Waals surface area contributed by atoms with Gasteiger partial charge >= 0.3 is 0 Å². The van der Waals surface area contributed by atoms with Crippen molar-refractivity contribution in [1.29, 1.82) is 0 Å². The molecule has 0 fully saturated rings. The van der Waals surface area contributed by atoms with E-state index in [2.05, 4.69) is 22.5 Å². The van der Waals surface area contributed by atoms with E-state index in [4.69, 9.17) is 21.1 Å². The van der Waals surface area contributed by atoms with Crippen LogP contribution >= 0.6 is 24.0 Å². The van der Waals surface area contributed by atoms with Crippen LogP contribution in [0.5, 0.6) is 11.5 Å². The third-order valence-corrected chi connectivity index (χ3v) is 4.79. The minimum absolute atomic E-state index is 0. The molecule has 0 bridgehead atoms. The van der Waals surface area contributed by atoms with E-state index < -0.39 is 0 Å². The Labute approximate surface area is 160 Å². The molecule has 1 aromatic heterocycles. The lowest BCUT2D eigenvalue weighted by molar-refractivity contribution is 0.286. The van der Waals surface area contributed by atoms with Gasteiger partial charge in [0.05, 0.1) is 24.9 Å². The number of aromatic nitrogens is 2. The molecule has 1 aliphatic heterocycles. The quantitative estimate of drug-likeness (QED) is 0.849. The van der Waals surface area contributed by atoms with Gasteiger partial charge in [-0.05, 0) is 50.5 Å². The fourth-order valence-corrected chi connectivity index (χ4v) is 3.62. The van der Waals surface area contributed by atoms with Crippen molar-refractivity contribution in [2.24, 2.45) is 7.05 Å². The molecular weight excluding hydrogens is 361 g/mol. The number of benzene rings is 1. The Morgan fingerprint density at radius 2 is 1.88 bits per heavy atom. The van der Waals surface area contributed by atoms with Crippen LogP contribution in [-0.2, 0) is 13.5 Å². The molecule has 0 aliphatic carbocycles. The van der Waals surface area contributed by atoms with Crippen LogP contribution in [0.3, 0.4) is 0 Å². The Hall–Kier alpha value is -1.43. The summed E-state index contributed by atoms with van der Waals surface area (Å²) in [5.74, 6) is 1.59. The molecule has 1 N–H and O–H groups in total. The third kappa shape index (κ3) is 3.73. The molecule has 0 saturated carbocycles. The fraction of sp³-hybridized carbons (Fsp3) is 0.500. The number of hydrogen-bond donors (Lipinski definition) is 1. The Bertz CT molecular complexity index is 746. The van der Waals surface area contributed by atoms with Crippen LogP contribution in [0.4, 0.5) is 0 Å². The molecular formula is C18H25Cl2N3O2. The first-order valence-electron chi connectivity index (χ1n) is 8.41. The molecule has 1 aliphatic rings. The minimum atomic E-state index is 0. The Morgan fingerprint density at radius 1 is 1.24 bits per heavy atom. The zero-order chi connectivity index (χ0) is 17.3. The number of rotatable bonds is 5. The highest BCUT2D eigenvalue weighted by atomic mass is 35.5. The smallest absolute Gasteiger partial charge is 0.161 e. The average molecular weight is 386 g/mol. The second kappa shape index (κ2) is 8.30. The predicted octanol–water partition coefficient (Wildman–Crippen LogP) is 3.84. The van der Waals surface area contributed by atoms with Crippen molar-refractivity contribution in [2.75, 3.05) is 19.8 Å². The standard InChI is InChI=1S/C18H24ClN3O2.ClH/c1-5-23-14-9-12-7-8-20-17(13(12)10-15(14)24-6-2)16-11(3)21-22(4)18(16)19;/h9-10,17,20H,5-8H2,1-4H3;1H. The van der Waals surface area contributed by atoms with Gasteiger partial charge in [-0.25, -0.2) is 0 Å². The van der Waals surface area contributed by atoms with Crippen molar-refractivity contribution in [3.05, 3.63) is 39.7 Å². The highest BCUT2D eigenvalue weighted by Gasteiger charge is 2.29. The van der Waals surface area contributed by atoms with Crippen molar-refractivity contribution < 1.29 is 9.47 Å². The van der Waals surface area contributed by atoms with Gasteiger partial charge in [0.1, 0.15) is 5.15 Å². The molecule has 0 spiro atoms. The van der Waals surface area contributed by atoms with E-state index in [1.165, 1.54) is 11.1 Å². The molecule has 1 unspecified atom stereocenters. The molecule has 2 heterocycles. The average Bonchev–Trinajstić information content (AvgIpc) is 2.81. The number of ether oxygens (including phenoxy) is 2. The van der Waals surface area contributed by atoms with Gasteiger partial charge in [0.15, 0.2) is 11.5 Å². The third-order valence-electron chi connectivity index (χ3n) is 4.34. The summed E-state index contributed by atoms with van der Waals surface area (Å²) in [6, 6.07) is 4.21. The van der Waals surface area contributed by atoms with Gasteiger partial charge in [0.2, 0.25) is 0 Å². The molecule has 0 amide bonds. The van der Waals surface area contributed by atoms with Crippen molar-refractivity contribution in [1.82, 2.24) is 15.1 Å². The lowest BCUT2D eigenvalue weighted by atomic mass is 9.89. The Kier molecular flexibility index (Phi) is 6.60. The largest absolute Gasteiger partial charge is 0.490 e. The first-order valence-corrected chi connectivity index (χ1v) is 8.79. The molecule has 5 nitrogen and oxygen atoms in total. The van der Waals surface area contributed by atoms with E-state index in [0.29, 0.717) is 18.4 Å². The van der Waals surface area contributed by atoms with E-state index in [9.17, 15) is 0 Å². The normalized spacial score (nSPS) is 16.1. The summed E-state index contributed by atoms with van der Waals surface area (Å²) in [4.78, 5) is 0. The molecule has 0 radical (unpaired) electrons. The van der Waals surface area contributed by atoms with Crippen molar-refractivity contribution in [2.45, 2.75) is 33.2 Å². The number of aryl methyl sites for hydroxylation is 2. The van der Waals surface area contributed by atoms with E-state index in [-0.39, 0.29) is 18.4 Å². The van der Waals surface area contributed by atoms with E-state index in [0.717, 1.165) is 35.7 Å². The van der Waals surface area contributed by atoms with Gasteiger partial charge in [-0.1, -0.05) is 11.6 Å². The van der Waals surface area contributed by atoms with E-state index in [1.807, 2.05) is 27.8 Å². The zero-order valence-electron chi connectivity index (χ0n) is 15.1. The van der Waals surface area contributed by atoms with Crippen molar-refractivity contribution >= 4 is 24.0 Å². The summed E-state index contributed by atoms with van der Waals surface area (Å²) in [5.41, 5.74) is 4.43. The van der Waals surface area contributed by atoms with Crippen LogP contribution in [0.2, 0.25) is 5.15 Å². The first-order chi connectivity index (χ1) is 11.6. The monoisotopic (exact) mass is 385 g/mol. The summed E-state index contributed by atoms with van der Waals surface area (Å²) in [5, 5.41) is 8.70. The first kappa shape index (κ1) is 19.9. The number of halogens is 2. The van der Waals surface area contributed by atoms with Crippen LogP contribution in [-0.4, -0.2) is 29.5 Å². The molecule has 7 heteroatoms. The molecule has 3 rings (SSSR count). The molecule has 1 aromatic carbocycles. The zero-order valence-corrected chi connectivity index (χ0v) is 16.6. The van der Waals surface area contributed by atoms with Crippen LogP contribution in [0, 0.1) is 6.92 Å². The highest BCUT2D eigenvalue weighted by molar-refractivity contribution is 6.30. The molecule has 2 aromatic rings. The van der Waals surface area contributed by atoms with Gasteiger partial charge in [-0.15, -0.1) is 12.4 Å². The second-order valence-electron chi connectivity index (χ2n) is 5.91. The fourth-order valence-electron chi connectivity index (χ4n) is 3.33. The predicted molar refractivity (Wildman–Crippen MR) is 103 cm³/mol. The number of hydrogen-bond acceptors (Lipinski definition) is 4. The van der Waals surface area contributed by atoms with E-state index >= 15 is 0 Å². The molecule has 0 saturated heterocycles. The van der Waals surface area contributed by atoms with Gasteiger partial charge < -0.3 is 14.8 Å². The maximum absolute atomic E-state index is 6.50. The van der Waals surface area contributed by atoms with Crippen LogP contribution < -0.4 is 14.8 Å². The molecule has 138 valence electrons. The van der Waals surface area contributed by atoms with Gasteiger partial charge in [0, 0.05) is 19.2 Å². The van der Waals surface area contributed by atoms with Crippen molar-refractivity contribution in [3.8, 4) is 11.5 Å². The van der Waals surface area contributed by atoms with Crippen LogP contribution in [0.15, 0.2) is 12.1 Å². The van der Waals surface area contributed by atoms with Crippen LogP contribution in [0.1, 0.15) is 42.3 Å². The van der Waals surface area contributed by atoms with E-state index in [1.54, 1.807) is 4.68 Å². The van der Waals surface area contributed by atoms with Crippen LogP contribution in [0.25, 0.3) is 0 Å². The number of nitrogens with one attached hydrogen (secondary N) is 1. The SMILES string of the molecule is CCOc1cc2c(cc1OCC)C(c1c(C)nn(C)c1Cl)NCC2.Cl.